The molecule has 0 radical (unpaired) electrons. The van der Waals surface area contributed by atoms with Crippen LogP contribution in [0.4, 0.5) is 5.82 Å². The lowest BCUT2D eigenvalue weighted by Gasteiger charge is -2.41. The number of nitrogens with one attached hydrogen (secondary N) is 1. The van der Waals surface area contributed by atoms with E-state index in [0.717, 1.165) is 80.7 Å². The van der Waals surface area contributed by atoms with Crippen LogP contribution in [0.5, 0.6) is 0 Å². The highest BCUT2D eigenvalue weighted by atomic mass is 32.1. The molecule has 4 fully saturated rings. The van der Waals surface area contributed by atoms with E-state index in [0.29, 0.717) is 28.9 Å². The Morgan fingerprint density at radius 1 is 1.08 bits per heavy atom. The van der Waals surface area contributed by atoms with E-state index in [-0.39, 0.29) is 12.0 Å². The number of aliphatic hydroxyl groups is 1. The summed E-state index contributed by atoms with van der Waals surface area (Å²) in [4.78, 5) is 26.1. The Kier molecular flexibility index (Phi) is 6.37. The van der Waals surface area contributed by atoms with Crippen LogP contribution in [-0.2, 0) is 0 Å². The quantitative estimate of drug-likeness (QED) is 0.520. The molecule has 7 heteroatoms. The SMILES string of the molecule is Cc1ccc(-c2ccc(C(=O)NC[C@@H]3C[C@H]4C=C[C@H]3C43CC3)c(N3CCC(N4CCC(O)CC4)CC3)n2)s1. The molecular weight excluding hydrogens is 492 g/mol. The van der Waals surface area contributed by atoms with E-state index in [4.69, 9.17) is 4.98 Å². The second kappa shape index (κ2) is 9.76. The summed E-state index contributed by atoms with van der Waals surface area (Å²) in [5.41, 5.74) is 2.22. The van der Waals surface area contributed by atoms with Crippen LogP contribution in [0.1, 0.15) is 60.2 Å². The summed E-state index contributed by atoms with van der Waals surface area (Å²) in [7, 11) is 0. The highest BCUT2D eigenvalue weighted by molar-refractivity contribution is 7.15. The Hall–Kier alpha value is -2.22. The normalized spacial score (nSPS) is 28.9. The lowest BCUT2D eigenvalue weighted by Crippen LogP contribution is -2.49. The molecule has 38 heavy (non-hydrogen) atoms. The number of hydrogen-bond donors (Lipinski definition) is 2. The molecule has 2 saturated carbocycles. The fourth-order valence-electron chi connectivity index (χ4n) is 7.94. The van der Waals surface area contributed by atoms with Gasteiger partial charge in [-0.25, -0.2) is 4.98 Å². The number of hydrogen-bond acceptors (Lipinski definition) is 6. The van der Waals surface area contributed by atoms with Gasteiger partial charge in [0.1, 0.15) is 5.82 Å². The number of anilines is 1. The molecule has 2 bridgehead atoms. The van der Waals surface area contributed by atoms with Gasteiger partial charge in [0.2, 0.25) is 0 Å². The topological polar surface area (TPSA) is 68.7 Å². The van der Waals surface area contributed by atoms with Gasteiger partial charge in [-0.3, -0.25) is 4.79 Å². The summed E-state index contributed by atoms with van der Waals surface area (Å²) >= 11 is 1.75. The number of nitrogens with zero attached hydrogens (tertiary/aromatic N) is 3. The van der Waals surface area contributed by atoms with Crippen molar-refractivity contribution in [2.24, 2.45) is 23.2 Å². The summed E-state index contributed by atoms with van der Waals surface area (Å²) in [6.45, 7) is 6.68. The molecule has 1 spiro atoms. The Morgan fingerprint density at radius 3 is 2.55 bits per heavy atom. The third kappa shape index (κ3) is 4.40. The number of aliphatic hydroxyl groups excluding tert-OH is 1. The molecule has 2 aromatic rings. The predicted octanol–water partition coefficient (Wildman–Crippen LogP) is 4.88. The number of pyridine rings is 1. The van der Waals surface area contributed by atoms with Gasteiger partial charge in [0.25, 0.3) is 5.91 Å². The molecule has 3 atom stereocenters. The Bertz CT molecular complexity index is 1220. The van der Waals surface area contributed by atoms with Crippen LogP contribution in [0.3, 0.4) is 0 Å². The molecule has 0 aromatic carbocycles. The third-order valence-corrected chi connectivity index (χ3v) is 11.3. The van der Waals surface area contributed by atoms with Crippen LogP contribution in [0.2, 0.25) is 0 Å². The molecular formula is C31H40N4O2S. The first-order valence-corrected chi connectivity index (χ1v) is 15.5. The average molecular weight is 533 g/mol. The maximum absolute atomic E-state index is 13.6. The number of allylic oxidation sites excluding steroid dienone is 2. The van der Waals surface area contributed by atoms with Crippen LogP contribution in [0.15, 0.2) is 36.4 Å². The van der Waals surface area contributed by atoms with Gasteiger partial charge in [-0.1, -0.05) is 12.2 Å². The monoisotopic (exact) mass is 532 g/mol. The van der Waals surface area contributed by atoms with Crippen molar-refractivity contribution in [1.82, 2.24) is 15.2 Å². The summed E-state index contributed by atoms with van der Waals surface area (Å²) in [6.07, 6.45) is 12.6. The minimum Gasteiger partial charge on any atom is -0.393 e. The largest absolute Gasteiger partial charge is 0.393 e. The zero-order valence-electron chi connectivity index (χ0n) is 22.4. The van der Waals surface area contributed by atoms with Gasteiger partial charge in [-0.15, -0.1) is 11.3 Å². The third-order valence-electron chi connectivity index (χ3n) is 10.3. The van der Waals surface area contributed by atoms with E-state index >= 15 is 0 Å². The summed E-state index contributed by atoms with van der Waals surface area (Å²) in [5.74, 6) is 2.82. The van der Waals surface area contributed by atoms with Gasteiger partial charge in [0.15, 0.2) is 0 Å². The molecule has 2 aromatic heterocycles. The summed E-state index contributed by atoms with van der Waals surface area (Å²) in [6, 6.07) is 8.86. The lowest BCUT2D eigenvalue weighted by atomic mass is 9.89. The molecule has 0 unspecified atom stereocenters. The Labute approximate surface area is 230 Å². The standard InChI is InChI=1S/C31H40N4O2S/c1-20-2-7-28(38-20)27-6-4-25(30(37)32-19-21-18-22-3-5-26(21)31(22)12-13-31)29(33-27)35-14-8-23(9-15-35)34-16-10-24(36)11-17-34/h2-7,21-24,26,36H,8-19H2,1H3,(H,32,37)/t21-,22+,26+/m0/s1. The lowest BCUT2D eigenvalue weighted by molar-refractivity contribution is 0.0542. The number of rotatable bonds is 6. The van der Waals surface area contributed by atoms with Gasteiger partial charge in [0.05, 0.1) is 22.2 Å². The maximum Gasteiger partial charge on any atom is 0.255 e. The van der Waals surface area contributed by atoms with Crippen molar-refractivity contribution >= 4 is 23.1 Å². The number of amides is 1. The minimum absolute atomic E-state index is 0.0187. The van der Waals surface area contributed by atoms with Crippen molar-refractivity contribution in [1.29, 1.82) is 0 Å². The van der Waals surface area contributed by atoms with Crippen molar-refractivity contribution in [3.8, 4) is 10.6 Å². The van der Waals surface area contributed by atoms with Gasteiger partial charge in [-0.05, 0) is 99.3 Å². The number of carbonyl (C=O) groups is 1. The predicted molar refractivity (Wildman–Crippen MR) is 153 cm³/mol. The van der Waals surface area contributed by atoms with E-state index in [1.54, 1.807) is 11.3 Å². The molecule has 7 rings (SSSR count). The van der Waals surface area contributed by atoms with Crippen molar-refractivity contribution in [2.45, 2.75) is 64.0 Å². The number of thiophene rings is 1. The van der Waals surface area contributed by atoms with Crippen LogP contribution in [0, 0.1) is 30.1 Å². The molecule has 2 saturated heterocycles. The molecule has 2 N–H and O–H groups in total. The molecule has 1 amide bonds. The van der Waals surface area contributed by atoms with E-state index in [1.807, 2.05) is 12.1 Å². The second-order valence-electron chi connectivity index (χ2n) is 12.4. The Morgan fingerprint density at radius 2 is 1.87 bits per heavy atom. The van der Waals surface area contributed by atoms with Crippen molar-refractivity contribution in [3.63, 3.8) is 0 Å². The molecule has 202 valence electrons. The van der Waals surface area contributed by atoms with E-state index in [1.165, 1.54) is 24.1 Å². The molecule has 6 nitrogen and oxygen atoms in total. The zero-order chi connectivity index (χ0) is 25.9. The fraction of sp³-hybridized carbons (Fsp3) is 0.613. The van der Waals surface area contributed by atoms with Gasteiger partial charge >= 0.3 is 0 Å². The van der Waals surface area contributed by atoms with Crippen LogP contribution in [0.25, 0.3) is 10.6 Å². The van der Waals surface area contributed by atoms with Crippen LogP contribution >= 0.6 is 11.3 Å². The first kappa shape index (κ1) is 24.8. The zero-order valence-corrected chi connectivity index (χ0v) is 23.3. The second-order valence-corrected chi connectivity index (χ2v) is 13.7. The van der Waals surface area contributed by atoms with Gasteiger partial charge in [0, 0.05) is 43.6 Å². The number of aromatic nitrogens is 1. The fourth-order valence-corrected chi connectivity index (χ4v) is 8.78. The van der Waals surface area contributed by atoms with Crippen molar-refractivity contribution in [2.75, 3.05) is 37.6 Å². The number of carbonyl (C=O) groups excluding carboxylic acids is 1. The van der Waals surface area contributed by atoms with Crippen molar-refractivity contribution < 1.29 is 9.90 Å². The van der Waals surface area contributed by atoms with Crippen LogP contribution < -0.4 is 10.2 Å². The first-order valence-electron chi connectivity index (χ1n) is 14.7. The van der Waals surface area contributed by atoms with Crippen molar-refractivity contribution in [3.05, 3.63) is 46.9 Å². The number of aryl methyl sites for hydroxylation is 1. The highest BCUT2D eigenvalue weighted by Crippen LogP contribution is 2.69. The average Bonchev–Trinajstić information content (AvgIpc) is 3.41. The molecule has 5 aliphatic rings. The van der Waals surface area contributed by atoms with E-state index < -0.39 is 0 Å². The highest BCUT2D eigenvalue weighted by Gasteiger charge is 2.62. The number of likely N-dealkylation sites (tertiary alicyclic amines) is 1. The molecule has 3 aliphatic carbocycles. The first-order chi connectivity index (χ1) is 18.5. The molecule has 2 aliphatic heterocycles. The smallest absolute Gasteiger partial charge is 0.255 e. The van der Waals surface area contributed by atoms with Crippen LogP contribution in [-0.4, -0.2) is 65.8 Å². The van der Waals surface area contributed by atoms with E-state index in [2.05, 4.69) is 46.3 Å². The summed E-state index contributed by atoms with van der Waals surface area (Å²) < 4.78 is 0. The maximum atomic E-state index is 13.6. The van der Waals surface area contributed by atoms with Gasteiger partial charge < -0.3 is 20.2 Å². The summed E-state index contributed by atoms with van der Waals surface area (Å²) in [5, 5.41) is 13.2. The van der Waals surface area contributed by atoms with E-state index in [9.17, 15) is 9.90 Å². The van der Waals surface area contributed by atoms with Gasteiger partial charge in [-0.2, -0.15) is 0 Å². The minimum atomic E-state index is -0.134. The Balaban J connectivity index is 1.08. The molecule has 4 heterocycles. The number of piperidine rings is 2.